The summed E-state index contributed by atoms with van der Waals surface area (Å²) in [5.74, 6) is -1.02. The number of phenolic OH excluding ortho intramolecular Hbond substituents is 1. The SMILES string of the molecule is O=C(O)C=Cc1ccc(C2=C(c3ccc(F)cc3)CCc3cc(O)ccc32)cc1. The zero-order valence-corrected chi connectivity index (χ0v) is 15.6. The fraction of sp³-hybridized carbons (Fsp3) is 0.0800. The van der Waals surface area contributed by atoms with Crippen molar-refractivity contribution >= 4 is 23.2 Å². The number of carboxylic acid groups (broad SMARTS) is 1. The molecule has 3 aromatic rings. The highest BCUT2D eigenvalue weighted by Gasteiger charge is 2.22. The number of halogens is 1. The van der Waals surface area contributed by atoms with Gasteiger partial charge in [0.1, 0.15) is 11.6 Å². The molecule has 4 heteroatoms. The lowest BCUT2D eigenvalue weighted by atomic mass is 9.79. The molecule has 3 nitrogen and oxygen atoms in total. The van der Waals surface area contributed by atoms with Gasteiger partial charge in [-0.2, -0.15) is 0 Å². The molecule has 3 aromatic carbocycles. The smallest absolute Gasteiger partial charge is 0.328 e. The number of carbonyl (C=O) groups is 1. The Labute approximate surface area is 168 Å². The van der Waals surface area contributed by atoms with Gasteiger partial charge < -0.3 is 10.2 Å². The van der Waals surface area contributed by atoms with Crippen LogP contribution in [-0.2, 0) is 11.2 Å². The fourth-order valence-corrected chi connectivity index (χ4v) is 3.78. The topological polar surface area (TPSA) is 57.5 Å². The van der Waals surface area contributed by atoms with Crippen molar-refractivity contribution in [1.82, 2.24) is 0 Å². The average molecular weight is 386 g/mol. The van der Waals surface area contributed by atoms with Crippen LogP contribution in [0.15, 0.2) is 72.8 Å². The predicted octanol–water partition coefficient (Wildman–Crippen LogP) is 5.53. The number of aryl methyl sites for hydroxylation is 1. The number of hydrogen-bond donors (Lipinski definition) is 2. The molecule has 1 aliphatic carbocycles. The lowest BCUT2D eigenvalue weighted by Gasteiger charge is -2.25. The number of hydrogen-bond acceptors (Lipinski definition) is 2. The van der Waals surface area contributed by atoms with Crippen LogP contribution in [0.4, 0.5) is 4.39 Å². The van der Waals surface area contributed by atoms with Gasteiger partial charge in [0.25, 0.3) is 0 Å². The Bertz CT molecular complexity index is 1120. The van der Waals surface area contributed by atoms with Gasteiger partial charge >= 0.3 is 5.97 Å². The van der Waals surface area contributed by atoms with E-state index in [1.165, 1.54) is 12.1 Å². The largest absolute Gasteiger partial charge is 0.508 e. The number of aliphatic carboxylic acids is 1. The van der Waals surface area contributed by atoms with Gasteiger partial charge in [0.05, 0.1) is 0 Å². The first-order chi connectivity index (χ1) is 14.0. The lowest BCUT2D eigenvalue weighted by Crippen LogP contribution is -2.06. The minimum absolute atomic E-state index is 0.238. The molecule has 0 fully saturated rings. The van der Waals surface area contributed by atoms with Crippen LogP contribution >= 0.6 is 0 Å². The van der Waals surface area contributed by atoms with Gasteiger partial charge in [-0.1, -0.05) is 42.5 Å². The van der Waals surface area contributed by atoms with E-state index in [-0.39, 0.29) is 11.6 Å². The summed E-state index contributed by atoms with van der Waals surface area (Å²) in [6, 6.07) is 19.6. The molecule has 0 unspecified atom stereocenters. The fourth-order valence-electron chi connectivity index (χ4n) is 3.78. The Hall–Kier alpha value is -3.66. The van der Waals surface area contributed by atoms with Crippen molar-refractivity contribution in [2.75, 3.05) is 0 Å². The first-order valence-corrected chi connectivity index (χ1v) is 9.34. The normalized spacial score (nSPS) is 13.6. The molecule has 0 heterocycles. The molecular weight excluding hydrogens is 367 g/mol. The van der Waals surface area contributed by atoms with Gasteiger partial charge in [-0.05, 0) is 82.1 Å². The van der Waals surface area contributed by atoms with Crippen molar-refractivity contribution in [2.45, 2.75) is 12.8 Å². The van der Waals surface area contributed by atoms with Gasteiger partial charge in [-0.3, -0.25) is 0 Å². The summed E-state index contributed by atoms with van der Waals surface area (Å²) in [5, 5.41) is 18.7. The first kappa shape index (κ1) is 18.7. The van der Waals surface area contributed by atoms with Crippen LogP contribution in [0, 0.1) is 5.82 Å². The van der Waals surface area contributed by atoms with E-state index in [1.807, 2.05) is 30.3 Å². The average Bonchev–Trinajstić information content (AvgIpc) is 2.72. The number of phenols is 1. The highest BCUT2D eigenvalue weighted by molar-refractivity contribution is 6.01. The third-order valence-electron chi connectivity index (χ3n) is 5.11. The molecule has 0 radical (unpaired) electrons. The second kappa shape index (κ2) is 7.76. The van der Waals surface area contributed by atoms with Crippen LogP contribution in [-0.4, -0.2) is 16.2 Å². The van der Waals surface area contributed by atoms with Crippen molar-refractivity contribution in [3.63, 3.8) is 0 Å². The van der Waals surface area contributed by atoms with Gasteiger partial charge in [-0.25, -0.2) is 9.18 Å². The maximum atomic E-state index is 13.4. The minimum Gasteiger partial charge on any atom is -0.508 e. The lowest BCUT2D eigenvalue weighted by molar-refractivity contribution is -0.131. The number of aromatic hydroxyl groups is 1. The van der Waals surface area contributed by atoms with Gasteiger partial charge in [0, 0.05) is 6.08 Å². The number of fused-ring (bicyclic) bond motifs is 1. The molecule has 1 aliphatic rings. The summed E-state index contributed by atoms with van der Waals surface area (Å²) < 4.78 is 13.4. The molecule has 2 N–H and O–H groups in total. The van der Waals surface area contributed by atoms with E-state index in [9.17, 15) is 14.3 Å². The monoisotopic (exact) mass is 386 g/mol. The van der Waals surface area contributed by atoms with Gasteiger partial charge in [-0.15, -0.1) is 0 Å². The molecule has 0 spiro atoms. The molecule has 0 aromatic heterocycles. The molecule has 0 bridgehead atoms. The van der Waals surface area contributed by atoms with Crippen molar-refractivity contribution in [3.05, 3.63) is 106 Å². The Morgan fingerprint density at radius 3 is 2.28 bits per heavy atom. The van der Waals surface area contributed by atoms with E-state index in [0.29, 0.717) is 0 Å². The third-order valence-corrected chi connectivity index (χ3v) is 5.11. The predicted molar refractivity (Wildman–Crippen MR) is 112 cm³/mol. The highest BCUT2D eigenvalue weighted by Crippen LogP contribution is 2.41. The van der Waals surface area contributed by atoms with Crippen LogP contribution in [0.25, 0.3) is 17.2 Å². The van der Waals surface area contributed by atoms with Gasteiger partial charge in [0.15, 0.2) is 0 Å². The quantitative estimate of drug-likeness (QED) is 0.579. The molecule has 0 atom stereocenters. The van der Waals surface area contributed by atoms with Crippen molar-refractivity contribution in [3.8, 4) is 5.75 Å². The molecule has 0 amide bonds. The summed E-state index contributed by atoms with van der Waals surface area (Å²) in [6.45, 7) is 0. The zero-order valence-electron chi connectivity index (χ0n) is 15.6. The Morgan fingerprint density at radius 1 is 0.897 bits per heavy atom. The second-order valence-electron chi connectivity index (χ2n) is 7.00. The van der Waals surface area contributed by atoms with E-state index < -0.39 is 5.97 Å². The summed E-state index contributed by atoms with van der Waals surface area (Å²) in [7, 11) is 0. The molecular formula is C25H19FO3. The van der Waals surface area contributed by atoms with Crippen molar-refractivity contribution in [1.29, 1.82) is 0 Å². The molecule has 0 saturated carbocycles. The highest BCUT2D eigenvalue weighted by atomic mass is 19.1. The molecule has 0 saturated heterocycles. The summed E-state index contributed by atoms with van der Waals surface area (Å²) in [5.41, 5.74) is 7.03. The van der Waals surface area contributed by atoms with E-state index >= 15 is 0 Å². The Kier molecular flexibility index (Phi) is 5.00. The third kappa shape index (κ3) is 3.97. The number of carboxylic acids is 1. The van der Waals surface area contributed by atoms with Crippen molar-refractivity contribution < 1.29 is 19.4 Å². The Balaban J connectivity index is 1.86. The molecule has 144 valence electrons. The van der Waals surface area contributed by atoms with Crippen LogP contribution < -0.4 is 0 Å². The van der Waals surface area contributed by atoms with E-state index in [4.69, 9.17) is 5.11 Å². The number of allylic oxidation sites excluding steroid dienone is 1. The van der Waals surface area contributed by atoms with E-state index in [1.54, 1.807) is 30.3 Å². The van der Waals surface area contributed by atoms with Crippen LogP contribution in [0.2, 0.25) is 0 Å². The number of rotatable bonds is 4. The van der Waals surface area contributed by atoms with Gasteiger partial charge in [0.2, 0.25) is 0 Å². The summed E-state index contributed by atoms with van der Waals surface area (Å²) in [6.07, 6.45) is 4.22. The maximum absolute atomic E-state index is 13.4. The van der Waals surface area contributed by atoms with Crippen LogP contribution in [0.1, 0.15) is 34.2 Å². The van der Waals surface area contributed by atoms with Crippen LogP contribution in [0.5, 0.6) is 5.75 Å². The maximum Gasteiger partial charge on any atom is 0.328 e. The van der Waals surface area contributed by atoms with Crippen molar-refractivity contribution in [2.24, 2.45) is 0 Å². The number of benzene rings is 3. The zero-order chi connectivity index (χ0) is 20.4. The Morgan fingerprint density at radius 2 is 1.59 bits per heavy atom. The molecule has 4 rings (SSSR count). The standard InChI is InChI=1S/C25H19FO3/c26-20-9-6-17(7-10-20)22-12-8-19-15-21(27)11-13-23(19)25(22)18-4-1-16(2-5-18)3-14-24(28)29/h1-7,9-11,13-15,27H,8,12H2,(H,28,29). The molecule has 0 aliphatic heterocycles. The second-order valence-corrected chi connectivity index (χ2v) is 7.00. The minimum atomic E-state index is -0.989. The molecule has 29 heavy (non-hydrogen) atoms. The first-order valence-electron chi connectivity index (χ1n) is 9.34. The summed E-state index contributed by atoms with van der Waals surface area (Å²) in [4.78, 5) is 10.7. The van der Waals surface area contributed by atoms with E-state index in [2.05, 4.69) is 0 Å². The van der Waals surface area contributed by atoms with Crippen LogP contribution in [0.3, 0.4) is 0 Å². The summed E-state index contributed by atoms with van der Waals surface area (Å²) >= 11 is 0. The van der Waals surface area contributed by atoms with E-state index in [0.717, 1.165) is 57.9 Å².